The van der Waals surface area contributed by atoms with Crippen LogP contribution in [0.25, 0.3) is 0 Å². The number of rotatable bonds is 4. The highest BCUT2D eigenvalue weighted by molar-refractivity contribution is 5.48. The van der Waals surface area contributed by atoms with Crippen LogP contribution in [-0.4, -0.2) is 7.05 Å². The minimum Gasteiger partial charge on any atom is -0.469 e. The summed E-state index contributed by atoms with van der Waals surface area (Å²) >= 11 is 0. The van der Waals surface area contributed by atoms with Gasteiger partial charge in [-0.05, 0) is 37.6 Å². The Hall–Kier alpha value is -1.74. The number of nitrogens with two attached hydrogens (primary N) is 1. The number of nitrogens with zero attached hydrogens (tertiary/aromatic N) is 1. The maximum Gasteiger partial charge on any atom is 0.105 e. The molecule has 0 spiro atoms. The van der Waals surface area contributed by atoms with Crippen LogP contribution < -0.4 is 10.6 Å². The Morgan fingerprint density at radius 1 is 1.22 bits per heavy atom. The van der Waals surface area contributed by atoms with Gasteiger partial charge >= 0.3 is 0 Å². The Balaban J connectivity index is 2.09. The summed E-state index contributed by atoms with van der Waals surface area (Å²) in [5.74, 6) is 0.981. The van der Waals surface area contributed by atoms with E-state index < -0.39 is 0 Å². The average molecular weight is 244 g/mol. The fourth-order valence-electron chi connectivity index (χ4n) is 1.95. The minimum absolute atomic E-state index is 0.0838. The third kappa shape index (κ3) is 2.74. The van der Waals surface area contributed by atoms with E-state index in [1.54, 1.807) is 6.26 Å². The third-order valence-electron chi connectivity index (χ3n) is 3.23. The average Bonchev–Trinajstić information content (AvgIpc) is 2.75. The lowest BCUT2D eigenvalue weighted by atomic mass is 10.1. The third-order valence-corrected chi connectivity index (χ3v) is 3.23. The Labute approximate surface area is 108 Å². The molecule has 3 nitrogen and oxygen atoms in total. The van der Waals surface area contributed by atoms with Crippen LogP contribution >= 0.6 is 0 Å². The second kappa shape index (κ2) is 5.27. The van der Waals surface area contributed by atoms with E-state index in [4.69, 9.17) is 10.2 Å². The first-order valence-corrected chi connectivity index (χ1v) is 6.17. The smallest absolute Gasteiger partial charge is 0.105 e. The molecule has 3 heteroatoms. The van der Waals surface area contributed by atoms with Crippen molar-refractivity contribution >= 4 is 5.69 Å². The number of anilines is 1. The topological polar surface area (TPSA) is 42.4 Å². The molecule has 1 aromatic heterocycles. The molecule has 0 fully saturated rings. The summed E-state index contributed by atoms with van der Waals surface area (Å²) in [6.45, 7) is 4.83. The molecule has 2 aromatic rings. The molecule has 0 aliphatic rings. The van der Waals surface area contributed by atoms with Gasteiger partial charge in [0.25, 0.3) is 0 Å². The van der Waals surface area contributed by atoms with Crippen molar-refractivity contribution in [2.45, 2.75) is 26.4 Å². The molecule has 0 amide bonds. The molecule has 1 heterocycles. The number of furan rings is 1. The Kier molecular flexibility index (Phi) is 3.72. The number of hydrogen-bond acceptors (Lipinski definition) is 3. The molecule has 0 aliphatic heterocycles. The quantitative estimate of drug-likeness (QED) is 0.897. The molecular formula is C15H20N2O. The maximum atomic E-state index is 5.84. The lowest BCUT2D eigenvalue weighted by molar-refractivity contribution is 0.529. The molecule has 1 aromatic carbocycles. The predicted molar refractivity (Wildman–Crippen MR) is 74.6 cm³/mol. The van der Waals surface area contributed by atoms with E-state index in [-0.39, 0.29) is 6.04 Å². The fraction of sp³-hybridized carbons (Fsp3) is 0.333. The largest absolute Gasteiger partial charge is 0.469 e. The fourth-order valence-corrected chi connectivity index (χ4v) is 1.95. The highest BCUT2D eigenvalue weighted by Crippen LogP contribution is 2.20. The van der Waals surface area contributed by atoms with Crippen molar-refractivity contribution in [3.63, 3.8) is 0 Å². The standard InChI is InChI=1S/C15H20N2O/c1-11(16)13-4-6-15(7-5-13)17(3)10-14-8-9-18-12(14)2/h4-9,11H,10,16H2,1-3H3/t11-/m0/s1. The zero-order valence-corrected chi connectivity index (χ0v) is 11.2. The summed E-state index contributed by atoms with van der Waals surface area (Å²) in [5, 5.41) is 0. The molecule has 1 atom stereocenters. The van der Waals surface area contributed by atoms with Crippen molar-refractivity contribution in [3.05, 3.63) is 53.5 Å². The van der Waals surface area contributed by atoms with Gasteiger partial charge in [0.05, 0.1) is 6.26 Å². The molecule has 18 heavy (non-hydrogen) atoms. The van der Waals surface area contributed by atoms with Crippen LogP contribution in [0.3, 0.4) is 0 Å². The molecule has 0 saturated carbocycles. The molecule has 0 bridgehead atoms. The molecule has 2 N–H and O–H groups in total. The monoisotopic (exact) mass is 244 g/mol. The Morgan fingerprint density at radius 2 is 1.89 bits per heavy atom. The minimum atomic E-state index is 0.0838. The zero-order chi connectivity index (χ0) is 13.1. The van der Waals surface area contributed by atoms with Gasteiger partial charge in [-0.2, -0.15) is 0 Å². The molecule has 0 aliphatic carbocycles. The van der Waals surface area contributed by atoms with Crippen LogP contribution in [0.2, 0.25) is 0 Å². The summed E-state index contributed by atoms with van der Waals surface area (Å²) in [7, 11) is 2.08. The number of hydrogen-bond donors (Lipinski definition) is 1. The molecule has 0 saturated heterocycles. The van der Waals surface area contributed by atoms with Crippen LogP contribution in [-0.2, 0) is 6.54 Å². The van der Waals surface area contributed by atoms with Gasteiger partial charge in [0.15, 0.2) is 0 Å². The number of benzene rings is 1. The first kappa shape index (κ1) is 12.7. The molecule has 0 unspecified atom stereocenters. The van der Waals surface area contributed by atoms with Crippen molar-refractivity contribution in [3.8, 4) is 0 Å². The van der Waals surface area contributed by atoms with Crippen LogP contribution in [0.5, 0.6) is 0 Å². The van der Waals surface area contributed by atoms with Gasteiger partial charge in [-0.15, -0.1) is 0 Å². The SMILES string of the molecule is Cc1occc1CN(C)c1ccc([C@H](C)N)cc1. The Bertz CT molecular complexity index is 499. The van der Waals surface area contributed by atoms with Gasteiger partial charge < -0.3 is 15.1 Å². The van der Waals surface area contributed by atoms with Crippen molar-refractivity contribution in [1.29, 1.82) is 0 Å². The van der Waals surface area contributed by atoms with Crippen molar-refractivity contribution in [2.24, 2.45) is 5.73 Å². The van der Waals surface area contributed by atoms with Crippen molar-refractivity contribution in [2.75, 3.05) is 11.9 Å². The van der Waals surface area contributed by atoms with Gasteiger partial charge in [0.2, 0.25) is 0 Å². The van der Waals surface area contributed by atoms with E-state index in [0.717, 1.165) is 17.9 Å². The van der Waals surface area contributed by atoms with Gasteiger partial charge in [-0.25, -0.2) is 0 Å². The van der Waals surface area contributed by atoms with Gasteiger partial charge in [-0.3, -0.25) is 0 Å². The summed E-state index contributed by atoms with van der Waals surface area (Å²) in [4.78, 5) is 2.20. The van der Waals surface area contributed by atoms with Gasteiger partial charge in [0, 0.05) is 30.9 Å². The van der Waals surface area contributed by atoms with E-state index in [9.17, 15) is 0 Å². The van der Waals surface area contributed by atoms with E-state index in [1.807, 2.05) is 19.9 Å². The van der Waals surface area contributed by atoms with Crippen LogP contribution in [0.4, 0.5) is 5.69 Å². The van der Waals surface area contributed by atoms with Crippen LogP contribution in [0.15, 0.2) is 41.0 Å². The predicted octanol–water partition coefficient (Wildman–Crippen LogP) is 3.24. The summed E-state index contributed by atoms with van der Waals surface area (Å²) in [6.07, 6.45) is 1.73. The first-order chi connectivity index (χ1) is 8.58. The van der Waals surface area contributed by atoms with Crippen molar-refractivity contribution in [1.82, 2.24) is 0 Å². The van der Waals surface area contributed by atoms with E-state index in [0.29, 0.717) is 0 Å². The Morgan fingerprint density at radius 3 is 2.39 bits per heavy atom. The first-order valence-electron chi connectivity index (χ1n) is 6.17. The van der Waals surface area contributed by atoms with E-state index in [2.05, 4.69) is 36.2 Å². The number of aryl methyl sites for hydroxylation is 1. The van der Waals surface area contributed by atoms with Crippen molar-refractivity contribution < 1.29 is 4.42 Å². The highest BCUT2D eigenvalue weighted by atomic mass is 16.3. The van der Waals surface area contributed by atoms with Crippen LogP contribution in [0.1, 0.15) is 29.9 Å². The molecule has 96 valence electrons. The molecule has 0 radical (unpaired) electrons. The van der Waals surface area contributed by atoms with Crippen LogP contribution in [0, 0.1) is 6.92 Å². The van der Waals surface area contributed by atoms with Gasteiger partial charge in [0.1, 0.15) is 5.76 Å². The highest BCUT2D eigenvalue weighted by Gasteiger charge is 2.07. The lowest BCUT2D eigenvalue weighted by Gasteiger charge is -2.19. The summed E-state index contributed by atoms with van der Waals surface area (Å²) < 4.78 is 5.31. The maximum absolute atomic E-state index is 5.84. The molecular weight excluding hydrogens is 224 g/mol. The van der Waals surface area contributed by atoms with E-state index >= 15 is 0 Å². The second-order valence-electron chi connectivity index (χ2n) is 4.74. The second-order valence-corrected chi connectivity index (χ2v) is 4.74. The zero-order valence-electron chi connectivity index (χ0n) is 11.2. The van der Waals surface area contributed by atoms with E-state index in [1.165, 1.54) is 11.3 Å². The van der Waals surface area contributed by atoms with Gasteiger partial charge in [-0.1, -0.05) is 12.1 Å². The summed E-state index contributed by atoms with van der Waals surface area (Å²) in [5.41, 5.74) is 9.40. The molecule has 2 rings (SSSR count). The summed E-state index contributed by atoms with van der Waals surface area (Å²) in [6, 6.07) is 10.5. The lowest BCUT2D eigenvalue weighted by Crippen LogP contribution is -2.16. The normalized spacial score (nSPS) is 12.4.